The van der Waals surface area contributed by atoms with E-state index in [0.717, 1.165) is 28.1 Å². The van der Waals surface area contributed by atoms with E-state index in [1.54, 1.807) is 0 Å². The van der Waals surface area contributed by atoms with E-state index in [4.69, 9.17) is 0 Å². The van der Waals surface area contributed by atoms with Crippen molar-refractivity contribution in [1.82, 2.24) is 0 Å². The smallest absolute Gasteiger partial charge is 0.139 e. The summed E-state index contributed by atoms with van der Waals surface area (Å²) in [5, 5.41) is 13.1. The van der Waals surface area contributed by atoms with Crippen molar-refractivity contribution in [3.05, 3.63) is 28.7 Å². The fourth-order valence-electron chi connectivity index (χ4n) is 2.19. The van der Waals surface area contributed by atoms with E-state index in [-0.39, 0.29) is 5.41 Å². The van der Waals surface area contributed by atoms with E-state index in [1.807, 2.05) is 36.0 Å². The van der Waals surface area contributed by atoms with Crippen LogP contribution in [0.15, 0.2) is 28.7 Å². The molecule has 4 heteroatoms. The third-order valence-electron chi connectivity index (χ3n) is 3.72. The van der Waals surface area contributed by atoms with E-state index >= 15 is 0 Å². The minimum absolute atomic E-state index is 0.0185. The van der Waals surface area contributed by atoms with Gasteiger partial charge in [-0.1, -0.05) is 35.8 Å². The largest absolute Gasteiger partial charge is 0.366 e. The molecule has 0 saturated carbocycles. The number of nitrogens with one attached hydrogen (secondary N) is 1. The van der Waals surface area contributed by atoms with Crippen LogP contribution in [0.4, 0.5) is 5.69 Å². The Bertz CT molecular complexity index is 481. The Hall–Kier alpha value is -0.660. The lowest BCUT2D eigenvalue weighted by atomic mass is 9.71. The number of anilines is 1. The normalized spacial score (nSPS) is 26.3. The molecule has 1 heterocycles. The second kappa shape index (κ2) is 5.14. The first kappa shape index (κ1) is 13.8. The van der Waals surface area contributed by atoms with E-state index in [0.29, 0.717) is 0 Å². The molecule has 1 saturated heterocycles. The van der Waals surface area contributed by atoms with E-state index in [9.17, 15) is 5.26 Å². The quantitative estimate of drug-likeness (QED) is 0.881. The van der Waals surface area contributed by atoms with Crippen LogP contribution in [0.1, 0.15) is 20.3 Å². The fraction of sp³-hybridized carbons (Fsp3) is 0.500. The third kappa shape index (κ3) is 2.53. The summed E-state index contributed by atoms with van der Waals surface area (Å²) in [7, 11) is 0. The summed E-state index contributed by atoms with van der Waals surface area (Å²) in [6, 6.07) is 10.5. The molecule has 96 valence electrons. The fourth-order valence-corrected chi connectivity index (χ4v) is 4.22. The molecule has 0 bridgehead atoms. The van der Waals surface area contributed by atoms with Gasteiger partial charge in [0, 0.05) is 21.3 Å². The highest BCUT2D eigenvalue weighted by molar-refractivity contribution is 9.10. The maximum absolute atomic E-state index is 9.67. The number of hydrogen-bond donors (Lipinski definition) is 1. The molecule has 1 N–H and O–H groups in total. The minimum atomic E-state index is -0.489. The molecule has 0 amide bonds. The van der Waals surface area contributed by atoms with E-state index in [1.165, 1.54) is 0 Å². The van der Waals surface area contributed by atoms with Crippen molar-refractivity contribution >= 4 is 33.4 Å². The standard InChI is InChI=1S/C14H17BrN2S/c1-13(2)6-7-18-10-14(13,9-16)17-12-5-3-4-11(15)8-12/h3-5,8,17H,6-7,10H2,1-2H3. The van der Waals surface area contributed by atoms with E-state index in [2.05, 4.69) is 41.2 Å². The number of hydrogen-bond acceptors (Lipinski definition) is 3. The Balaban J connectivity index is 2.31. The summed E-state index contributed by atoms with van der Waals surface area (Å²) in [6.07, 6.45) is 1.06. The molecule has 2 rings (SSSR count). The van der Waals surface area contributed by atoms with Crippen molar-refractivity contribution < 1.29 is 0 Å². The van der Waals surface area contributed by atoms with E-state index < -0.39 is 5.54 Å². The van der Waals surface area contributed by atoms with Crippen LogP contribution in [0.3, 0.4) is 0 Å². The molecule has 0 aliphatic carbocycles. The highest BCUT2D eigenvalue weighted by atomic mass is 79.9. The lowest BCUT2D eigenvalue weighted by Crippen LogP contribution is -2.54. The zero-order valence-corrected chi connectivity index (χ0v) is 13.1. The Kier molecular flexibility index (Phi) is 3.93. The molecular formula is C14H17BrN2S. The van der Waals surface area contributed by atoms with Gasteiger partial charge in [-0.2, -0.15) is 17.0 Å². The first-order chi connectivity index (χ1) is 8.49. The van der Waals surface area contributed by atoms with Gasteiger partial charge in [-0.25, -0.2) is 0 Å². The van der Waals surface area contributed by atoms with Crippen LogP contribution in [0, 0.1) is 16.7 Å². The molecule has 1 atom stereocenters. The first-order valence-electron chi connectivity index (χ1n) is 6.02. The summed E-state index contributed by atoms with van der Waals surface area (Å²) in [4.78, 5) is 0. The monoisotopic (exact) mass is 324 g/mol. The van der Waals surface area contributed by atoms with Crippen LogP contribution in [-0.4, -0.2) is 17.0 Å². The predicted molar refractivity (Wildman–Crippen MR) is 81.8 cm³/mol. The molecule has 1 aliphatic rings. The number of thioether (sulfide) groups is 1. The maximum Gasteiger partial charge on any atom is 0.139 e. The Morgan fingerprint density at radius 2 is 2.22 bits per heavy atom. The molecule has 1 fully saturated rings. The molecule has 0 aromatic heterocycles. The number of nitrogens with zero attached hydrogens (tertiary/aromatic N) is 1. The molecular weight excluding hydrogens is 308 g/mol. The third-order valence-corrected chi connectivity index (χ3v) is 5.34. The van der Waals surface area contributed by atoms with Crippen LogP contribution in [0.2, 0.25) is 0 Å². The summed E-state index contributed by atoms with van der Waals surface area (Å²) in [5.74, 6) is 1.97. The second-order valence-corrected chi connectivity index (χ2v) is 7.36. The van der Waals surface area contributed by atoms with Crippen LogP contribution < -0.4 is 5.32 Å². The predicted octanol–water partition coefficient (Wildman–Crippen LogP) is 4.29. The lowest BCUT2D eigenvalue weighted by Gasteiger charge is -2.46. The Labute approximate surface area is 121 Å². The van der Waals surface area contributed by atoms with Gasteiger partial charge in [0.05, 0.1) is 6.07 Å². The van der Waals surface area contributed by atoms with Crippen molar-refractivity contribution in [3.8, 4) is 6.07 Å². The summed E-state index contributed by atoms with van der Waals surface area (Å²) >= 11 is 5.32. The van der Waals surface area contributed by atoms with Gasteiger partial charge >= 0.3 is 0 Å². The van der Waals surface area contributed by atoms with Crippen molar-refractivity contribution in [2.75, 3.05) is 16.8 Å². The van der Waals surface area contributed by atoms with Gasteiger partial charge in [0.25, 0.3) is 0 Å². The molecule has 2 nitrogen and oxygen atoms in total. The minimum Gasteiger partial charge on any atom is -0.366 e. The van der Waals surface area contributed by atoms with Crippen LogP contribution >= 0.6 is 27.7 Å². The molecule has 0 radical (unpaired) electrons. The highest BCUT2D eigenvalue weighted by Gasteiger charge is 2.47. The maximum atomic E-state index is 9.67. The Morgan fingerprint density at radius 3 is 2.83 bits per heavy atom. The number of nitriles is 1. The van der Waals surface area contributed by atoms with Gasteiger partial charge in [-0.15, -0.1) is 0 Å². The summed E-state index contributed by atoms with van der Waals surface area (Å²) in [6.45, 7) is 4.36. The molecule has 1 unspecified atom stereocenters. The highest BCUT2D eigenvalue weighted by Crippen LogP contribution is 2.44. The summed E-state index contributed by atoms with van der Waals surface area (Å²) < 4.78 is 1.03. The molecule has 1 aromatic carbocycles. The van der Waals surface area contributed by atoms with Crippen LogP contribution in [0.5, 0.6) is 0 Å². The first-order valence-corrected chi connectivity index (χ1v) is 7.97. The average molecular weight is 325 g/mol. The van der Waals surface area contributed by atoms with Crippen molar-refractivity contribution in [1.29, 1.82) is 5.26 Å². The Morgan fingerprint density at radius 1 is 1.44 bits per heavy atom. The summed E-state index contributed by atoms with van der Waals surface area (Å²) in [5.41, 5.74) is 0.493. The van der Waals surface area contributed by atoms with Gasteiger partial charge in [-0.05, 0) is 30.4 Å². The SMILES string of the molecule is CC1(C)CCSCC1(C#N)Nc1cccc(Br)c1. The average Bonchev–Trinajstić information content (AvgIpc) is 2.32. The lowest BCUT2D eigenvalue weighted by molar-refractivity contribution is 0.248. The topological polar surface area (TPSA) is 35.8 Å². The van der Waals surface area contributed by atoms with Gasteiger partial charge in [0.2, 0.25) is 0 Å². The zero-order chi connectivity index (χ0) is 13.2. The molecule has 0 spiro atoms. The number of rotatable bonds is 2. The van der Waals surface area contributed by atoms with Gasteiger partial charge in [0.15, 0.2) is 0 Å². The van der Waals surface area contributed by atoms with Crippen molar-refractivity contribution in [3.63, 3.8) is 0 Å². The van der Waals surface area contributed by atoms with Gasteiger partial charge in [-0.3, -0.25) is 0 Å². The number of halogens is 1. The number of benzene rings is 1. The van der Waals surface area contributed by atoms with Gasteiger partial charge in [0.1, 0.15) is 5.54 Å². The zero-order valence-electron chi connectivity index (χ0n) is 10.7. The van der Waals surface area contributed by atoms with Crippen molar-refractivity contribution in [2.45, 2.75) is 25.8 Å². The van der Waals surface area contributed by atoms with Crippen LogP contribution in [-0.2, 0) is 0 Å². The van der Waals surface area contributed by atoms with Crippen LogP contribution in [0.25, 0.3) is 0 Å². The molecule has 1 aromatic rings. The molecule has 1 aliphatic heterocycles. The van der Waals surface area contributed by atoms with Gasteiger partial charge < -0.3 is 5.32 Å². The second-order valence-electron chi connectivity index (χ2n) is 5.34. The van der Waals surface area contributed by atoms with Crippen molar-refractivity contribution in [2.24, 2.45) is 5.41 Å². The molecule has 18 heavy (non-hydrogen) atoms.